The number of aliphatic hydroxyl groups is 1. The van der Waals surface area contributed by atoms with Crippen LogP contribution in [0.1, 0.15) is 25.8 Å². The lowest BCUT2D eigenvalue weighted by molar-refractivity contribution is -0.146. The molecule has 196 valence electrons. The van der Waals surface area contributed by atoms with Crippen LogP contribution in [0.3, 0.4) is 0 Å². The number of nitrogens with zero attached hydrogens (tertiary/aromatic N) is 1. The third-order valence-corrected chi connectivity index (χ3v) is 8.35. The molecule has 0 radical (unpaired) electrons. The SMILES string of the molecule is COc1ccc(NC(=O)C2N(CCO)C(=O)[C@@H]3[C@@H](C(=O)NCc4ccccc4)[C@]4(C)OC23CC4C)cc1. The van der Waals surface area contributed by atoms with E-state index in [1.807, 2.05) is 44.2 Å². The molecule has 37 heavy (non-hydrogen) atoms. The van der Waals surface area contributed by atoms with Crippen LogP contribution in [0.2, 0.25) is 0 Å². The smallest absolute Gasteiger partial charge is 0.250 e. The van der Waals surface area contributed by atoms with Crippen LogP contribution in [-0.4, -0.2) is 65.2 Å². The second-order valence-electron chi connectivity index (χ2n) is 10.4. The first-order valence-corrected chi connectivity index (χ1v) is 12.6. The van der Waals surface area contributed by atoms with Gasteiger partial charge in [-0.15, -0.1) is 0 Å². The standard InChI is InChI=1S/C28H33N3O6/c1-17-15-28-22(21(27(17,2)37-28)24(33)29-16-18-7-5-4-6-8-18)26(35)31(13-14-32)23(28)25(34)30-19-9-11-20(36-3)12-10-19/h4-12,17,21-23,32H,13-16H2,1-3H3,(H,29,33)(H,30,34)/t17?,21-,22-,23?,27+,28?/m0/s1. The molecule has 3 unspecified atom stereocenters. The summed E-state index contributed by atoms with van der Waals surface area (Å²) in [5.74, 6) is -1.99. The van der Waals surface area contributed by atoms with Crippen molar-refractivity contribution in [3.8, 4) is 5.75 Å². The number of carbonyl (C=O) groups excluding carboxylic acids is 3. The van der Waals surface area contributed by atoms with Gasteiger partial charge in [-0.3, -0.25) is 14.4 Å². The second-order valence-corrected chi connectivity index (χ2v) is 10.4. The molecular formula is C28H33N3O6. The molecule has 0 aromatic heterocycles. The molecule has 3 saturated heterocycles. The largest absolute Gasteiger partial charge is 0.497 e. The van der Waals surface area contributed by atoms with Gasteiger partial charge in [0.2, 0.25) is 17.7 Å². The van der Waals surface area contributed by atoms with Gasteiger partial charge < -0.3 is 30.1 Å². The number of amides is 3. The first-order valence-electron chi connectivity index (χ1n) is 12.6. The maximum absolute atomic E-state index is 13.8. The van der Waals surface area contributed by atoms with E-state index in [-0.39, 0.29) is 30.9 Å². The molecule has 0 saturated carbocycles. The lowest BCUT2D eigenvalue weighted by Crippen LogP contribution is -2.54. The van der Waals surface area contributed by atoms with Gasteiger partial charge in [-0.25, -0.2) is 0 Å². The van der Waals surface area contributed by atoms with Crippen molar-refractivity contribution in [2.24, 2.45) is 17.8 Å². The number of methoxy groups -OCH3 is 1. The zero-order valence-electron chi connectivity index (χ0n) is 21.3. The molecule has 3 fully saturated rings. The molecule has 3 aliphatic rings. The monoisotopic (exact) mass is 507 g/mol. The molecule has 2 aromatic rings. The van der Waals surface area contributed by atoms with Crippen LogP contribution in [0, 0.1) is 17.8 Å². The fraction of sp³-hybridized carbons (Fsp3) is 0.464. The van der Waals surface area contributed by atoms with Gasteiger partial charge in [-0.1, -0.05) is 37.3 Å². The van der Waals surface area contributed by atoms with Crippen molar-refractivity contribution in [2.45, 2.75) is 44.1 Å². The van der Waals surface area contributed by atoms with Gasteiger partial charge in [0.05, 0.1) is 31.2 Å². The third kappa shape index (κ3) is 3.97. The van der Waals surface area contributed by atoms with Crippen molar-refractivity contribution in [3.63, 3.8) is 0 Å². The number of ether oxygens (including phenoxy) is 2. The predicted octanol–water partition coefficient (Wildman–Crippen LogP) is 1.95. The molecule has 2 bridgehead atoms. The van der Waals surface area contributed by atoms with Gasteiger partial charge in [-0.05, 0) is 49.1 Å². The summed E-state index contributed by atoms with van der Waals surface area (Å²) in [5, 5.41) is 15.6. The average molecular weight is 508 g/mol. The quantitative estimate of drug-likeness (QED) is 0.503. The summed E-state index contributed by atoms with van der Waals surface area (Å²) < 4.78 is 11.8. The number of nitrogens with one attached hydrogen (secondary N) is 2. The number of likely N-dealkylation sites (tertiary alicyclic amines) is 1. The first-order chi connectivity index (χ1) is 17.7. The van der Waals surface area contributed by atoms with Crippen LogP contribution < -0.4 is 15.4 Å². The first kappa shape index (κ1) is 25.2. The van der Waals surface area contributed by atoms with E-state index in [0.717, 1.165) is 5.56 Å². The van der Waals surface area contributed by atoms with Crippen LogP contribution in [0.15, 0.2) is 54.6 Å². The zero-order valence-corrected chi connectivity index (χ0v) is 21.3. The number of β-amino-alcohol motifs (C(OH)–C–C–N with tert-alkyl or cyclic N) is 1. The molecule has 3 N–H and O–H groups in total. The van der Waals surface area contributed by atoms with Gasteiger partial charge in [0.1, 0.15) is 17.4 Å². The Hall–Kier alpha value is -3.43. The van der Waals surface area contributed by atoms with Crippen molar-refractivity contribution in [1.29, 1.82) is 0 Å². The summed E-state index contributed by atoms with van der Waals surface area (Å²) in [6.07, 6.45) is 0.463. The Morgan fingerprint density at radius 1 is 1.14 bits per heavy atom. The highest BCUT2D eigenvalue weighted by Crippen LogP contribution is 2.65. The van der Waals surface area contributed by atoms with Crippen LogP contribution in [0.4, 0.5) is 5.69 Å². The third-order valence-electron chi connectivity index (χ3n) is 8.35. The van der Waals surface area contributed by atoms with E-state index >= 15 is 0 Å². The van der Waals surface area contributed by atoms with Gasteiger partial charge in [0.15, 0.2) is 0 Å². The molecule has 2 aromatic carbocycles. The average Bonchev–Trinajstić information content (AvgIpc) is 3.40. The van der Waals surface area contributed by atoms with E-state index in [0.29, 0.717) is 24.4 Å². The lowest BCUT2D eigenvalue weighted by Gasteiger charge is -2.36. The molecule has 1 spiro atoms. The highest BCUT2D eigenvalue weighted by atomic mass is 16.5. The number of carbonyl (C=O) groups is 3. The van der Waals surface area contributed by atoms with Crippen LogP contribution in [0.5, 0.6) is 5.75 Å². The van der Waals surface area contributed by atoms with Gasteiger partial charge in [-0.2, -0.15) is 0 Å². The number of anilines is 1. The summed E-state index contributed by atoms with van der Waals surface area (Å²) in [6.45, 7) is 3.87. The number of hydrogen-bond donors (Lipinski definition) is 3. The van der Waals surface area contributed by atoms with E-state index in [1.54, 1.807) is 31.4 Å². The van der Waals surface area contributed by atoms with E-state index in [4.69, 9.17) is 9.47 Å². The number of aliphatic hydroxyl groups excluding tert-OH is 1. The molecule has 9 heteroatoms. The molecule has 3 heterocycles. The van der Waals surface area contributed by atoms with Crippen molar-refractivity contribution < 1.29 is 29.0 Å². The Bertz CT molecular complexity index is 1190. The zero-order chi connectivity index (χ0) is 26.4. The number of rotatable bonds is 8. The highest BCUT2D eigenvalue weighted by Gasteiger charge is 2.79. The fourth-order valence-corrected chi connectivity index (χ4v) is 6.57. The minimum atomic E-state index is -1.16. The van der Waals surface area contributed by atoms with Crippen molar-refractivity contribution in [1.82, 2.24) is 10.2 Å². The van der Waals surface area contributed by atoms with Crippen molar-refractivity contribution in [3.05, 3.63) is 60.2 Å². The van der Waals surface area contributed by atoms with E-state index < -0.39 is 35.0 Å². The molecule has 3 amide bonds. The van der Waals surface area contributed by atoms with Gasteiger partial charge >= 0.3 is 0 Å². The molecule has 6 atom stereocenters. The number of hydrogen-bond acceptors (Lipinski definition) is 6. The highest BCUT2D eigenvalue weighted by molar-refractivity contribution is 6.03. The normalized spacial score (nSPS) is 31.8. The summed E-state index contributed by atoms with van der Waals surface area (Å²) in [7, 11) is 1.56. The summed E-state index contributed by atoms with van der Waals surface area (Å²) >= 11 is 0. The number of benzene rings is 2. The Kier molecular flexibility index (Phi) is 6.45. The van der Waals surface area contributed by atoms with Crippen LogP contribution in [0.25, 0.3) is 0 Å². The van der Waals surface area contributed by atoms with E-state index in [9.17, 15) is 19.5 Å². The van der Waals surface area contributed by atoms with Crippen LogP contribution >= 0.6 is 0 Å². The second kappa shape index (κ2) is 9.46. The molecule has 5 rings (SSSR count). The molecule has 0 aliphatic carbocycles. The molecule has 3 aliphatic heterocycles. The van der Waals surface area contributed by atoms with Crippen molar-refractivity contribution >= 4 is 23.4 Å². The van der Waals surface area contributed by atoms with E-state index in [2.05, 4.69) is 10.6 Å². The van der Waals surface area contributed by atoms with Crippen LogP contribution in [-0.2, 0) is 25.7 Å². The molecule has 9 nitrogen and oxygen atoms in total. The van der Waals surface area contributed by atoms with Crippen molar-refractivity contribution in [2.75, 3.05) is 25.6 Å². The van der Waals surface area contributed by atoms with E-state index in [1.165, 1.54) is 4.90 Å². The summed E-state index contributed by atoms with van der Waals surface area (Å²) in [6, 6.07) is 15.5. The summed E-state index contributed by atoms with van der Waals surface area (Å²) in [4.78, 5) is 42.5. The van der Waals surface area contributed by atoms with Gasteiger partial charge in [0.25, 0.3) is 0 Å². The topological polar surface area (TPSA) is 117 Å². The fourth-order valence-electron chi connectivity index (χ4n) is 6.57. The minimum Gasteiger partial charge on any atom is -0.497 e. The minimum absolute atomic E-state index is 0.0232. The summed E-state index contributed by atoms with van der Waals surface area (Å²) in [5.41, 5.74) is -0.563. The maximum Gasteiger partial charge on any atom is 0.250 e. The van der Waals surface area contributed by atoms with Gasteiger partial charge in [0, 0.05) is 18.8 Å². The number of fused-ring (bicyclic) bond motifs is 1. The lowest BCUT2D eigenvalue weighted by atomic mass is 9.62. The maximum atomic E-state index is 13.8. The Morgan fingerprint density at radius 2 is 1.84 bits per heavy atom. The predicted molar refractivity (Wildman–Crippen MR) is 135 cm³/mol. The Balaban J connectivity index is 1.45. The molecular weight excluding hydrogens is 474 g/mol. The Labute approximate surface area is 216 Å². The Morgan fingerprint density at radius 3 is 2.49 bits per heavy atom.